The summed E-state index contributed by atoms with van der Waals surface area (Å²) in [6.07, 6.45) is -4.70. The number of para-hydroxylation sites is 1. The number of aryl methyl sites for hydroxylation is 1. The van der Waals surface area contributed by atoms with Gasteiger partial charge < -0.3 is 9.73 Å². The summed E-state index contributed by atoms with van der Waals surface area (Å²) in [5, 5.41) is 9.13. The summed E-state index contributed by atoms with van der Waals surface area (Å²) in [5.41, 5.74) is 1.90. The zero-order chi connectivity index (χ0) is 18.0. The van der Waals surface area contributed by atoms with Gasteiger partial charge in [0.1, 0.15) is 0 Å². The molecule has 3 rings (SSSR count). The predicted octanol–water partition coefficient (Wildman–Crippen LogP) is 4.32. The van der Waals surface area contributed by atoms with Crippen LogP contribution < -0.4 is 5.32 Å². The summed E-state index contributed by atoms with van der Waals surface area (Å²) >= 11 is 0. The Hall–Kier alpha value is -3.16. The molecule has 128 valence electrons. The van der Waals surface area contributed by atoms with E-state index in [2.05, 4.69) is 19.9 Å². The fourth-order valence-corrected chi connectivity index (χ4v) is 2.23. The molecule has 2 aromatic carbocycles. The lowest BCUT2D eigenvalue weighted by atomic mass is 10.0. The number of carbonyl (C=O) groups excluding carboxylic acids is 1. The molecule has 8 heteroatoms. The van der Waals surface area contributed by atoms with E-state index in [9.17, 15) is 18.0 Å². The van der Waals surface area contributed by atoms with Gasteiger partial charge in [-0.2, -0.15) is 13.2 Å². The van der Waals surface area contributed by atoms with E-state index in [1.165, 1.54) is 18.2 Å². The lowest BCUT2D eigenvalue weighted by molar-refractivity contribution is -0.156. The van der Waals surface area contributed by atoms with Gasteiger partial charge in [-0.05, 0) is 42.8 Å². The summed E-state index contributed by atoms with van der Waals surface area (Å²) < 4.78 is 42.2. The lowest BCUT2D eigenvalue weighted by Gasteiger charge is -2.08. The first kappa shape index (κ1) is 16.7. The highest BCUT2D eigenvalue weighted by atomic mass is 19.4. The largest absolute Gasteiger partial charge is 0.470 e. The molecule has 0 radical (unpaired) electrons. The average molecular weight is 347 g/mol. The Bertz CT molecular complexity index is 905. The van der Waals surface area contributed by atoms with Crippen LogP contribution in [0.5, 0.6) is 0 Å². The molecule has 1 N–H and O–H groups in total. The molecule has 1 amide bonds. The van der Waals surface area contributed by atoms with Gasteiger partial charge in [-0.1, -0.05) is 18.2 Å². The number of alkyl halides is 3. The maximum absolute atomic E-state index is 12.5. The molecule has 0 saturated carbocycles. The highest BCUT2D eigenvalue weighted by molar-refractivity contribution is 6.05. The van der Waals surface area contributed by atoms with Crippen molar-refractivity contribution < 1.29 is 22.4 Å². The molecule has 3 aromatic rings. The Morgan fingerprint density at radius 1 is 1.08 bits per heavy atom. The van der Waals surface area contributed by atoms with Gasteiger partial charge in [-0.25, -0.2) is 0 Å². The molecule has 5 nitrogen and oxygen atoms in total. The van der Waals surface area contributed by atoms with Crippen LogP contribution in [0, 0.1) is 6.92 Å². The van der Waals surface area contributed by atoms with Crippen molar-refractivity contribution in [2.24, 2.45) is 0 Å². The summed E-state index contributed by atoms with van der Waals surface area (Å²) in [5.74, 6) is -1.99. The minimum Gasteiger partial charge on any atom is -0.413 e. The van der Waals surface area contributed by atoms with Crippen molar-refractivity contribution in [3.05, 3.63) is 65.5 Å². The molecule has 0 saturated heterocycles. The molecule has 0 aliphatic carbocycles. The van der Waals surface area contributed by atoms with Gasteiger partial charge in [-0.3, -0.25) is 4.79 Å². The molecule has 25 heavy (non-hydrogen) atoms. The SMILES string of the molecule is Cc1cc(-c2nnc(C(F)(F)F)o2)ccc1C(=O)Nc1ccccc1. The second-order valence-electron chi connectivity index (χ2n) is 5.26. The van der Waals surface area contributed by atoms with E-state index in [1.54, 1.807) is 31.2 Å². The minimum atomic E-state index is -4.70. The quantitative estimate of drug-likeness (QED) is 0.766. The summed E-state index contributed by atoms with van der Waals surface area (Å²) in [6, 6.07) is 13.4. The number of anilines is 1. The molecule has 0 aliphatic heterocycles. The van der Waals surface area contributed by atoms with Crippen molar-refractivity contribution in [3.8, 4) is 11.5 Å². The van der Waals surface area contributed by atoms with E-state index in [4.69, 9.17) is 0 Å². The molecule has 1 heterocycles. The molecule has 0 bridgehead atoms. The zero-order valence-corrected chi connectivity index (χ0v) is 13.0. The van der Waals surface area contributed by atoms with Gasteiger partial charge >= 0.3 is 12.1 Å². The minimum absolute atomic E-state index is 0.259. The fraction of sp³-hybridized carbons (Fsp3) is 0.118. The van der Waals surface area contributed by atoms with Crippen LogP contribution in [-0.2, 0) is 6.18 Å². The van der Waals surface area contributed by atoms with Gasteiger partial charge in [-0.15, -0.1) is 10.2 Å². The normalized spacial score (nSPS) is 11.4. The Morgan fingerprint density at radius 3 is 2.40 bits per heavy atom. The number of hydrogen-bond acceptors (Lipinski definition) is 4. The third kappa shape index (κ3) is 3.68. The molecule has 0 spiro atoms. The van der Waals surface area contributed by atoms with E-state index in [0.29, 0.717) is 22.4 Å². The first-order valence-corrected chi connectivity index (χ1v) is 7.23. The number of halogens is 3. The molecule has 0 fully saturated rings. The molecule has 0 aliphatic rings. The third-order valence-electron chi connectivity index (χ3n) is 3.42. The van der Waals surface area contributed by atoms with Crippen molar-refractivity contribution in [3.63, 3.8) is 0 Å². The number of nitrogens with zero attached hydrogens (tertiary/aromatic N) is 2. The topological polar surface area (TPSA) is 68.0 Å². The Labute approximate surface area is 140 Å². The van der Waals surface area contributed by atoms with Gasteiger partial charge in [0.25, 0.3) is 5.91 Å². The number of amides is 1. The summed E-state index contributed by atoms with van der Waals surface area (Å²) in [4.78, 5) is 12.3. The molecule has 0 unspecified atom stereocenters. The van der Waals surface area contributed by atoms with Gasteiger partial charge in [0, 0.05) is 16.8 Å². The molecule has 0 atom stereocenters. The van der Waals surface area contributed by atoms with Crippen molar-refractivity contribution >= 4 is 11.6 Å². The van der Waals surface area contributed by atoms with Crippen LogP contribution in [0.3, 0.4) is 0 Å². The Balaban J connectivity index is 1.83. The van der Waals surface area contributed by atoms with E-state index in [-0.39, 0.29) is 11.8 Å². The van der Waals surface area contributed by atoms with Gasteiger partial charge in [0.2, 0.25) is 5.89 Å². The molecular formula is C17H12F3N3O2. The van der Waals surface area contributed by atoms with Gasteiger partial charge in [0.05, 0.1) is 0 Å². The predicted molar refractivity (Wildman–Crippen MR) is 83.9 cm³/mol. The Morgan fingerprint density at radius 2 is 1.80 bits per heavy atom. The van der Waals surface area contributed by atoms with Gasteiger partial charge in [0.15, 0.2) is 0 Å². The lowest BCUT2D eigenvalue weighted by Crippen LogP contribution is -2.13. The first-order chi connectivity index (χ1) is 11.8. The van der Waals surface area contributed by atoms with Crippen LogP contribution in [-0.4, -0.2) is 16.1 Å². The van der Waals surface area contributed by atoms with E-state index in [0.717, 1.165) is 0 Å². The molecular weight excluding hydrogens is 335 g/mol. The summed E-state index contributed by atoms with van der Waals surface area (Å²) in [7, 11) is 0. The van der Waals surface area contributed by atoms with E-state index in [1.807, 2.05) is 6.07 Å². The third-order valence-corrected chi connectivity index (χ3v) is 3.42. The smallest absolute Gasteiger partial charge is 0.413 e. The average Bonchev–Trinajstić information content (AvgIpc) is 3.06. The monoisotopic (exact) mass is 347 g/mol. The number of benzene rings is 2. The second kappa shape index (κ2) is 6.39. The van der Waals surface area contributed by atoms with Crippen molar-refractivity contribution in [1.29, 1.82) is 0 Å². The maximum Gasteiger partial charge on any atom is 0.470 e. The van der Waals surface area contributed by atoms with Crippen LogP contribution >= 0.6 is 0 Å². The zero-order valence-electron chi connectivity index (χ0n) is 13.0. The fourth-order valence-electron chi connectivity index (χ4n) is 2.23. The first-order valence-electron chi connectivity index (χ1n) is 7.23. The van der Waals surface area contributed by atoms with Crippen LogP contribution in [0.2, 0.25) is 0 Å². The van der Waals surface area contributed by atoms with Crippen LogP contribution in [0.15, 0.2) is 52.9 Å². The number of carbonyl (C=O) groups is 1. The van der Waals surface area contributed by atoms with Crippen LogP contribution in [0.25, 0.3) is 11.5 Å². The maximum atomic E-state index is 12.5. The standard InChI is InChI=1S/C17H12F3N3O2/c1-10-9-11(15-22-23-16(25-15)17(18,19)20)7-8-13(10)14(24)21-12-5-3-2-4-6-12/h2-9H,1H3,(H,21,24). The van der Waals surface area contributed by atoms with Crippen molar-refractivity contribution in [1.82, 2.24) is 10.2 Å². The van der Waals surface area contributed by atoms with Crippen molar-refractivity contribution in [2.75, 3.05) is 5.32 Å². The number of nitrogens with one attached hydrogen (secondary N) is 1. The highest BCUT2D eigenvalue weighted by Gasteiger charge is 2.38. The number of hydrogen-bond donors (Lipinski definition) is 1. The molecule has 1 aromatic heterocycles. The van der Waals surface area contributed by atoms with Crippen LogP contribution in [0.4, 0.5) is 18.9 Å². The summed E-state index contributed by atoms with van der Waals surface area (Å²) in [6.45, 7) is 1.67. The van der Waals surface area contributed by atoms with Crippen LogP contribution in [0.1, 0.15) is 21.8 Å². The Kier molecular flexibility index (Phi) is 4.26. The second-order valence-corrected chi connectivity index (χ2v) is 5.26. The number of aromatic nitrogens is 2. The van der Waals surface area contributed by atoms with E-state index >= 15 is 0 Å². The number of rotatable bonds is 3. The van der Waals surface area contributed by atoms with Crippen molar-refractivity contribution in [2.45, 2.75) is 13.1 Å². The van der Waals surface area contributed by atoms with E-state index < -0.39 is 12.1 Å². The highest BCUT2D eigenvalue weighted by Crippen LogP contribution is 2.30.